The second-order valence-electron chi connectivity index (χ2n) is 3.36. The van der Waals surface area contributed by atoms with Crippen LogP contribution in [0.25, 0.3) is 0 Å². The molecule has 0 saturated carbocycles. The number of aromatic nitrogens is 4. The lowest BCUT2D eigenvalue weighted by Crippen LogP contribution is -2.12. The molecule has 0 atom stereocenters. The van der Waals surface area contributed by atoms with Crippen LogP contribution in [0.1, 0.15) is 5.56 Å². The molecule has 2 rings (SSSR count). The minimum Gasteiger partial charge on any atom is -0.308 e. The summed E-state index contributed by atoms with van der Waals surface area (Å²) >= 11 is 1.46. The molecule has 0 bridgehead atoms. The molecule has 0 spiro atoms. The van der Waals surface area contributed by atoms with E-state index in [1.165, 1.54) is 16.3 Å². The molecular formula is C9H12N6OS. The summed E-state index contributed by atoms with van der Waals surface area (Å²) in [4.78, 5) is 15.2. The quantitative estimate of drug-likeness (QED) is 0.405. The third-order valence-corrected chi connectivity index (χ3v) is 3.28. The van der Waals surface area contributed by atoms with E-state index >= 15 is 0 Å². The lowest BCUT2D eigenvalue weighted by Gasteiger charge is -2.02. The fraction of sp³-hybridized carbons (Fsp3) is 0.222. The van der Waals surface area contributed by atoms with Crippen molar-refractivity contribution in [2.45, 2.75) is 10.9 Å². The minimum absolute atomic E-state index is 0.215. The second kappa shape index (κ2) is 5.02. The summed E-state index contributed by atoms with van der Waals surface area (Å²) in [5.74, 6) is 6.52. The first-order chi connectivity index (χ1) is 8.20. The third kappa shape index (κ3) is 2.66. The maximum absolute atomic E-state index is 11.1. The lowest BCUT2D eigenvalue weighted by atomic mass is 10.3. The first kappa shape index (κ1) is 11.7. The predicted molar refractivity (Wildman–Crippen MR) is 65.4 cm³/mol. The van der Waals surface area contributed by atoms with Crippen molar-refractivity contribution in [2.75, 3.05) is 5.43 Å². The van der Waals surface area contributed by atoms with Gasteiger partial charge in [0.2, 0.25) is 0 Å². The van der Waals surface area contributed by atoms with Crippen LogP contribution in [0.3, 0.4) is 0 Å². The number of hydrogen-bond donors (Lipinski definition) is 3. The smallest absolute Gasteiger partial charge is 0.308 e. The molecule has 0 aromatic carbocycles. The maximum Gasteiger partial charge on any atom is 0.343 e. The van der Waals surface area contributed by atoms with Gasteiger partial charge in [-0.1, -0.05) is 17.8 Å². The van der Waals surface area contributed by atoms with Crippen molar-refractivity contribution >= 4 is 17.6 Å². The fourth-order valence-corrected chi connectivity index (χ4v) is 2.06. The van der Waals surface area contributed by atoms with Gasteiger partial charge in [0.25, 0.3) is 0 Å². The summed E-state index contributed by atoms with van der Waals surface area (Å²) < 4.78 is 1.47. The van der Waals surface area contributed by atoms with Crippen molar-refractivity contribution in [3.8, 4) is 0 Å². The third-order valence-electron chi connectivity index (χ3n) is 2.18. The number of nitrogens with zero attached hydrogens (tertiary/aromatic N) is 3. The Morgan fingerprint density at radius 3 is 2.94 bits per heavy atom. The molecule has 0 aliphatic carbocycles. The number of rotatable bonds is 4. The molecule has 0 amide bonds. The molecule has 2 heterocycles. The van der Waals surface area contributed by atoms with E-state index in [0.717, 1.165) is 5.56 Å². The highest BCUT2D eigenvalue weighted by atomic mass is 32.2. The average Bonchev–Trinajstić information content (AvgIpc) is 2.68. The Morgan fingerprint density at radius 1 is 1.59 bits per heavy atom. The average molecular weight is 252 g/mol. The van der Waals surface area contributed by atoms with E-state index in [2.05, 4.69) is 20.6 Å². The van der Waals surface area contributed by atoms with Crippen LogP contribution < -0.4 is 17.0 Å². The molecule has 8 heteroatoms. The van der Waals surface area contributed by atoms with Gasteiger partial charge < -0.3 is 5.43 Å². The van der Waals surface area contributed by atoms with Crippen LogP contribution in [0.4, 0.5) is 5.82 Å². The summed E-state index contributed by atoms with van der Waals surface area (Å²) in [6.07, 6.45) is 1.73. The van der Waals surface area contributed by atoms with Crippen LogP contribution in [-0.2, 0) is 12.8 Å². The number of pyridine rings is 1. The van der Waals surface area contributed by atoms with Crippen molar-refractivity contribution in [1.82, 2.24) is 19.7 Å². The maximum atomic E-state index is 11.1. The zero-order valence-corrected chi connectivity index (χ0v) is 9.99. The van der Waals surface area contributed by atoms with Gasteiger partial charge in [-0.3, -0.25) is 4.57 Å². The first-order valence-corrected chi connectivity index (χ1v) is 5.85. The molecular weight excluding hydrogens is 240 g/mol. The molecule has 2 aromatic rings. The number of nitrogens with two attached hydrogens (primary N) is 1. The molecule has 4 N–H and O–H groups in total. The van der Waals surface area contributed by atoms with Gasteiger partial charge in [-0.15, -0.1) is 5.10 Å². The van der Waals surface area contributed by atoms with Gasteiger partial charge >= 0.3 is 5.69 Å². The molecule has 7 nitrogen and oxygen atoms in total. The Bertz CT molecular complexity index is 545. The molecule has 0 unspecified atom stereocenters. The molecule has 17 heavy (non-hydrogen) atoms. The number of thioether (sulfide) groups is 1. The van der Waals surface area contributed by atoms with Gasteiger partial charge in [0.15, 0.2) is 5.16 Å². The van der Waals surface area contributed by atoms with Gasteiger partial charge in [-0.05, 0) is 11.6 Å². The SMILES string of the molecule is Cn1c(SCc2ccc(NN)nc2)n[nH]c1=O. The highest BCUT2D eigenvalue weighted by Gasteiger charge is 2.05. The van der Waals surface area contributed by atoms with Gasteiger partial charge in [0, 0.05) is 19.0 Å². The number of nitrogens with one attached hydrogen (secondary N) is 2. The van der Waals surface area contributed by atoms with Crippen molar-refractivity contribution in [2.24, 2.45) is 12.9 Å². The number of aromatic amines is 1. The molecule has 0 aliphatic heterocycles. The molecule has 0 radical (unpaired) electrons. The molecule has 0 fully saturated rings. The van der Waals surface area contributed by atoms with Crippen LogP contribution in [-0.4, -0.2) is 19.7 Å². The van der Waals surface area contributed by atoms with Crippen LogP contribution in [0.15, 0.2) is 28.3 Å². The fourth-order valence-electron chi connectivity index (χ4n) is 1.20. The first-order valence-electron chi connectivity index (χ1n) is 4.86. The monoisotopic (exact) mass is 252 g/mol. The zero-order chi connectivity index (χ0) is 12.3. The normalized spacial score (nSPS) is 10.5. The van der Waals surface area contributed by atoms with Gasteiger partial charge in [0.05, 0.1) is 0 Å². The van der Waals surface area contributed by atoms with Crippen molar-refractivity contribution < 1.29 is 0 Å². The van der Waals surface area contributed by atoms with Crippen LogP contribution in [0, 0.1) is 0 Å². The van der Waals surface area contributed by atoms with Gasteiger partial charge in [-0.2, -0.15) is 0 Å². The Balaban J connectivity index is 2.02. The zero-order valence-electron chi connectivity index (χ0n) is 9.17. The van der Waals surface area contributed by atoms with E-state index in [4.69, 9.17) is 5.84 Å². The summed E-state index contributed by atoms with van der Waals surface area (Å²) in [6, 6.07) is 3.71. The van der Waals surface area contributed by atoms with Gasteiger partial charge in [0.1, 0.15) is 5.82 Å². The number of hydrazine groups is 1. The number of nitrogen functional groups attached to an aromatic ring is 1. The van der Waals surface area contributed by atoms with E-state index in [1.54, 1.807) is 19.3 Å². The van der Waals surface area contributed by atoms with E-state index in [0.29, 0.717) is 16.7 Å². The highest BCUT2D eigenvalue weighted by molar-refractivity contribution is 7.98. The molecule has 0 saturated heterocycles. The molecule has 0 aliphatic rings. The Labute approximate surface area is 101 Å². The lowest BCUT2D eigenvalue weighted by molar-refractivity contribution is 0.765. The van der Waals surface area contributed by atoms with E-state index < -0.39 is 0 Å². The largest absolute Gasteiger partial charge is 0.343 e. The molecule has 2 aromatic heterocycles. The van der Waals surface area contributed by atoms with Crippen molar-refractivity contribution in [1.29, 1.82) is 0 Å². The van der Waals surface area contributed by atoms with E-state index in [9.17, 15) is 4.79 Å². The van der Waals surface area contributed by atoms with Crippen LogP contribution in [0.5, 0.6) is 0 Å². The van der Waals surface area contributed by atoms with Crippen LogP contribution in [0.2, 0.25) is 0 Å². The van der Waals surface area contributed by atoms with Crippen molar-refractivity contribution in [3.63, 3.8) is 0 Å². The number of hydrogen-bond acceptors (Lipinski definition) is 6. The standard InChI is InChI=1S/C9H12N6OS/c1-15-8(16)13-14-9(15)17-5-6-2-3-7(12-10)11-4-6/h2-4H,5,10H2,1H3,(H,11,12)(H,13,16). The summed E-state index contributed by atoms with van der Waals surface area (Å²) in [6.45, 7) is 0. The number of anilines is 1. The Hall–Kier alpha value is -1.80. The number of H-pyrrole nitrogens is 1. The summed E-state index contributed by atoms with van der Waals surface area (Å²) in [5, 5.41) is 6.93. The summed E-state index contributed by atoms with van der Waals surface area (Å²) in [7, 11) is 1.67. The Morgan fingerprint density at radius 2 is 2.41 bits per heavy atom. The molecule has 90 valence electrons. The minimum atomic E-state index is -0.215. The van der Waals surface area contributed by atoms with E-state index in [1.807, 2.05) is 6.07 Å². The second-order valence-corrected chi connectivity index (χ2v) is 4.30. The van der Waals surface area contributed by atoms with Gasteiger partial charge in [-0.25, -0.2) is 20.7 Å². The predicted octanol–water partition coefficient (Wildman–Crippen LogP) is 0.0813. The topological polar surface area (TPSA) is 102 Å². The van der Waals surface area contributed by atoms with Crippen LogP contribution >= 0.6 is 11.8 Å². The van der Waals surface area contributed by atoms with E-state index in [-0.39, 0.29) is 5.69 Å². The summed E-state index contributed by atoms with van der Waals surface area (Å²) in [5.41, 5.74) is 3.28. The highest BCUT2D eigenvalue weighted by Crippen LogP contribution is 2.18. The Kier molecular flexibility index (Phi) is 3.45. The van der Waals surface area contributed by atoms with Crippen molar-refractivity contribution in [3.05, 3.63) is 34.4 Å².